The van der Waals surface area contributed by atoms with Crippen molar-refractivity contribution in [3.05, 3.63) is 81.7 Å². The van der Waals surface area contributed by atoms with E-state index in [1.54, 1.807) is 25.3 Å². The molecule has 0 atom stereocenters. The fourth-order valence-electron chi connectivity index (χ4n) is 2.82. The number of fused-ring (bicyclic) bond motifs is 1. The van der Waals surface area contributed by atoms with Crippen molar-refractivity contribution in [2.75, 3.05) is 20.3 Å². The lowest BCUT2D eigenvalue weighted by Crippen LogP contribution is -2.29. The highest BCUT2D eigenvalue weighted by atomic mass is 16.5. The van der Waals surface area contributed by atoms with Crippen molar-refractivity contribution in [1.82, 2.24) is 5.32 Å². The first kappa shape index (κ1) is 22.0. The van der Waals surface area contributed by atoms with Gasteiger partial charge in [0.05, 0.1) is 0 Å². The summed E-state index contributed by atoms with van der Waals surface area (Å²) in [5, 5.41) is 3.19. The molecule has 0 saturated heterocycles. The highest BCUT2D eigenvalue weighted by Gasteiger charge is 2.14. The molecule has 0 aliphatic carbocycles. The van der Waals surface area contributed by atoms with E-state index in [9.17, 15) is 14.4 Å². The van der Waals surface area contributed by atoms with E-state index in [4.69, 9.17) is 13.9 Å². The van der Waals surface area contributed by atoms with Gasteiger partial charge in [0, 0.05) is 37.8 Å². The molecule has 0 aliphatic rings. The summed E-state index contributed by atoms with van der Waals surface area (Å²) < 4.78 is 15.5. The van der Waals surface area contributed by atoms with Crippen LogP contribution in [0.2, 0.25) is 0 Å². The Hall–Kier alpha value is -3.71. The zero-order chi connectivity index (χ0) is 22.2. The van der Waals surface area contributed by atoms with Crippen molar-refractivity contribution in [2.24, 2.45) is 0 Å². The maximum atomic E-state index is 12.2. The predicted molar refractivity (Wildman–Crippen MR) is 117 cm³/mol. The SMILES string of the molecule is COCCCNC(=O)c1cc2ccc(OC(=O)/C=C/c3ccc(C)cc3)cc2oc1=O. The number of carbonyl (C=O) groups is 2. The molecule has 0 fully saturated rings. The van der Waals surface area contributed by atoms with Crippen LogP contribution in [-0.2, 0) is 9.53 Å². The van der Waals surface area contributed by atoms with Crippen LogP contribution in [-0.4, -0.2) is 32.1 Å². The molecule has 0 radical (unpaired) electrons. The van der Waals surface area contributed by atoms with Crippen molar-refractivity contribution in [1.29, 1.82) is 0 Å². The Labute approximate surface area is 179 Å². The third-order valence-corrected chi connectivity index (χ3v) is 4.47. The van der Waals surface area contributed by atoms with Crippen LogP contribution in [0.4, 0.5) is 0 Å². The van der Waals surface area contributed by atoms with Gasteiger partial charge in [-0.1, -0.05) is 29.8 Å². The van der Waals surface area contributed by atoms with Gasteiger partial charge in [0.15, 0.2) is 0 Å². The minimum Gasteiger partial charge on any atom is -0.423 e. The average molecular weight is 421 g/mol. The number of nitrogens with one attached hydrogen (secondary N) is 1. The highest BCUT2D eigenvalue weighted by Crippen LogP contribution is 2.21. The van der Waals surface area contributed by atoms with Gasteiger partial charge in [-0.05, 0) is 43.2 Å². The van der Waals surface area contributed by atoms with Gasteiger partial charge in [0.25, 0.3) is 5.91 Å². The normalized spacial score (nSPS) is 11.0. The standard InChI is InChI=1S/C24H23NO6/c1-16-4-6-17(7-5-16)8-11-22(26)30-19-10-9-18-14-20(24(28)31-21(18)15-19)23(27)25-12-3-13-29-2/h4-11,14-15H,3,12-13H2,1-2H3,(H,25,27)/b11-8+. The van der Waals surface area contributed by atoms with Crippen LogP contribution < -0.4 is 15.7 Å². The maximum absolute atomic E-state index is 12.2. The van der Waals surface area contributed by atoms with Crippen LogP contribution >= 0.6 is 0 Å². The lowest BCUT2D eigenvalue weighted by Gasteiger charge is -2.06. The molecule has 1 aromatic heterocycles. The summed E-state index contributed by atoms with van der Waals surface area (Å²) in [7, 11) is 1.58. The minimum atomic E-state index is -0.764. The van der Waals surface area contributed by atoms with Crippen molar-refractivity contribution in [3.8, 4) is 5.75 Å². The molecule has 3 rings (SSSR count). The lowest BCUT2D eigenvalue weighted by molar-refractivity contribution is -0.128. The van der Waals surface area contributed by atoms with E-state index >= 15 is 0 Å². The Balaban J connectivity index is 1.69. The largest absolute Gasteiger partial charge is 0.423 e. The topological polar surface area (TPSA) is 94.8 Å². The quantitative estimate of drug-likeness (QED) is 0.197. The molecule has 7 nitrogen and oxygen atoms in total. The molecule has 0 spiro atoms. The molecule has 0 unspecified atom stereocenters. The van der Waals surface area contributed by atoms with E-state index in [2.05, 4.69) is 5.32 Å². The van der Waals surface area contributed by atoms with Gasteiger partial charge in [0.2, 0.25) is 0 Å². The first-order chi connectivity index (χ1) is 15.0. The third kappa shape index (κ3) is 6.13. The van der Waals surface area contributed by atoms with Crippen molar-refractivity contribution < 1.29 is 23.5 Å². The minimum absolute atomic E-state index is 0.0873. The molecule has 1 heterocycles. The number of methoxy groups -OCH3 is 1. The number of carbonyl (C=O) groups excluding carboxylic acids is 2. The molecule has 2 aromatic carbocycles. The lowest BCUT2D eigenvalue weighted by atomic mass is 10.1. The molecule has 3 aromatic rings. The van der Waals surface area contributed by atoms with Crippen LogP contribution in [0.25, 0.3) is 17.0 Å². The Morgan fingerprint density at radius 3 is 2.61 bits per heavy atom. The smallest absolute Gasteiger partial charge is 0.349 e. The van der Waals surface area contributed by atoms with Gasteiger partial charge in [-0.15, -0.1) is 0 Å². The summed E-state index contributed by atoms with van der Waals surface area (Å²) >= 11 is 0. The van der Waals surface area contributed by atoms with Crippen molar-refractivity contribution in [2.45, 2.75) is 13.3 Å². The molecule has 7 heteroatoms. The Kier molecular flexibility index (Phi) is 7.35. The summed E-state index contributed by atoms with van der Waals surface area (Å²) in [6, 6.07) is 13.8. The summed E-state index contributed by atoms with van der Waals surface area (Å²) in [5.74, 6) is -0.844. The summed E-state index contributed by atoms with van der Waals surface area (Å²) in [6.07, 6.45) is 3.61. The molecule has 1 amide bonds. The Bertz CT molecular complexity index is 1160. The van der Waals surface area contributed by atoms with Crippen LogP contribution in [0.5, 0.6) is 5.75 Å². The first-order valence-electron chi connectivity index (χ1n) is 9.78. The molecular formula is C24H23NO6. The van der Waals surface area contributed by atoms with E-state index in [1.807, 2.05) is 31.2 Å². The summed E-state index contributed by atoms with van der Waals surface area (Å²) in [5.41, 5.74) is 1.37. The predicted octanol–water partition coefficient (Wildman–Crippen LogP) is 3.49. The highest BCUT2D eigenvalue weighted by molar-refractivity contribution is 5.97. The molecule has 0 aliphatic heterocycles. The van der Waals surface area contributed by atoms with Gasteiger partial charge >= 0.3 is 11.6 Å². The average Bonchev–Trinajstić information content (AvgIpc) is 2.75. The molecule has 31 heavy (non-hydrogen) atoms. The monoisotopic (exact) mass is 421 g/mol. The summed E-state index contributed by atoms with van der Waals surface area (Å²) in [6.45, 7) is 2.88. The number of ether oxygens (including phenoxy) is 2. The zero-order valence-corrected chi connectivity index (χ0v) is 17.3. The van der Waals surface area contributed by atoms with E-state index in [1.165, 1.54) is 18.2 Å². The number of benzene rings is 2. The number of esters is 1. The fraction of sp³-hybridized carbons (Fsp3) is 0.208. The van der Waals surface area contributed by atoms with Crippen molar-refractivity contribution in [3.63, 3.8) is 0 Å². The van der Waals surface area contributed by atoms with E-state index in [0.717, 1.165) is 11.1 Å². The van der Waals surface area contributed by atoms with Crippen LogP contribution in [0, 0.1) is 6.92 Å². The van der Waals surface area contributed by atoms with Crippen LogP contribution in [0.15, 0.2) is 63.8 Å². The number of amides is 1. The zero-order valence-electron chi connectivity index (χ0n) is 17.3. The molecule has 1 N–H and O–H groups in total. The second-order valence-corrected chi connectivity index (χ2v) is 6.91. The van der Waals surface area contributed by atoms with Gasteiger partial charge in [0.1, 0.15) is 16.9 Å². The molecule has 0 bridgehead atoms. The Morgan fingerprint density at radius 1 is 1.10 bits per heavy atom. The number of hydrogen-bond donors (Lipinski definition) is 1. The van der Waals surface area contributed by atoms with Gasteiger partial charge in [-0.2, -0.15) is 0 Å². The fourth-order valence-corrected chi connectivity index (χ4v) is 2.82. The molecule has 0 saturated carbocycles. The second-order valence-electron chi connectivity index (χ2n) is 6.91. The molecular weight excluding hydrogens is 398 g/mol. The Morgan fingerprint density at radius 2 is 1.87 bits per heavy atom. The second kappa shape index (κ2) is 10.4. The first-order valence-corrected chi connectivity index (χ1v) is 9.78. The van der Waals surface area contributed by atoms with Crippen molar-refractivity contribution >= 4 is 28.9 Å². The number of hydrogen-bond acceptors (Lipinski definition) is 6. The molecule has 160 valence electrons. The third-order valence-electron chi connectivity index (χ3n) is 4.47. The maximum Gasteiger partial charge on any atom is 0.349 e. The van der Waals surface area contributed by atoms with Crippen LogP contribution in [0.1, 0.15) is 27.9 Å². The van der Waals surface area contributed by atoms with Gasteiger partial charge in [-0.25, -0.2) is 9.59 Å². The van der Waals surface area contributed by atoms with Crippen LogP contribution in [0.3, 0.4) is 0 Å². The summed E-state index contributed by atoms with van der Waals surface area (Å²) in [4.78, 5) is 36.5. The van der Waals surface area contributed by atoms with Gasteiger partial charge in [-0.3, -0.25) is 4.79 Å². The van der Waals surface area contributed by atoms with E-state index in [0.29, 0.717) is 25.0 Å². The number of rotatable bonds is 8. The number of aryl methyl sites for hydroxylation is 1. The van der Waals surface area contributed by atoms with Gasteiger partial charge < -0.3 is 19.2 Å². The van der Waals surface area contributed by atoms with E-state index < -0.39 is 17.5 Å². The van der Waals surface area contributed by atoms with E-state index in [-0.39, 0.29) is 16.9 Å².